The van der Waals surface area contributed by atoms with Crippen LogP contribution in [-0.4, -0.2) is 72.2 Å². The predicted octanol–water partition coefficient (Wildman–Crippen LogP) is 1.75. The van der Waals surface area contributed by atoms with Gasteiger partial charge in [-0.15, -0.1) is 0 Å². The van der Waals surface area contributed by atoms with Crippen molar-refractivity contribution in [1.29, 1.82) is 0 Å². The van der Waals surface area contributed by atoms with Crippen molar-refractivity contribution in [2.45, 2.75) is 51.1 Å². The van der Waals surface area contributed by atoms with Crippen molar-refractivity contribution in [3.05, 3.63) is 29.6 Å². The molecule has 2 aliphatic rings. The Bertz CT molecular complexity index is 824. The Morgan fingerprint density at radius 1 is 1.22 bits per heavy atom. The second kappa shape index (κ2) is 7.96. The molecule has 148 valence electrons. The Balaban J connectivity index is 1.76. The third-order valence-corrected chi connectivity index (χ3v) is 7.42. The molecule has 0 bridgehead atoms. The molecule has 1 aromatic rings. The van der Waals surface area contributed by atoms with Crippen LogP contribution >= 0.6 is 0 Å². The number of nitrogens with zero attached hydrogens (tertiary/aromatic N) is 3. The van der Waals surface area contributed by atoms with Gasteiger partial charge in [-0.05, 0) is 38.2 Å². The first-order chi connectivity index (χ1) is 12.8. The molecule has 0 saturated carbocycles. The van der Waals surface area contributed by atoms with E-state index < -0.39 is 9.84 Å². The van der Waals surface area contributed by atoms with Gasteiger partial charge in [-0.1, -0.05) is 6.92 Å². The van der Waals surface area contributed by atoms with Crippen LogP contribution in [0.1, 0.15) is 59.7 Å². The first-order valence-corrected chi connectivity index (χ1v) is 11.4. The summed E-state index contributed by atoms with van der Waals surface area (Å²) in [5, 5.41) is 0. The zero-order valence-electron chi connectivity index (χ0n) is 15.9. The van der Waals surface area contributed by atoms with Crippen LogP contribution in [0, 0.1) is 0 Å². The molecule has 2 unspecified atom stereocenters. The Labute approximate surface area is 160 Å². The van der Waals surface area contributed by atoms with E-state index in [2.05, 4.69) is 11.9 Å². The smallest absolute Gasteiger partial charge is 0.255 e. The second-order valence-electron chi connectivity index (χ2n) is 7.49. The van der Waals surface area contributed by atoms with Gasteiger partial charge in [0.1, 0.15) is 0 Å². The molecule has 0 spiro atoms. The van der Waals surface area contributed by atoms with Crippen LogP contribution in [-0.2, 0) is 9.84 Å². The average Bonchev–Trinajstić information content (AvgIpc) is 3.06. The molecule has 2 atom stereocenters. The Morgan fingerprint density at radius 2 is 1.96 bits per heavy atom. The van der Waals surface area contributed by atoms with Crippen LogP contribution in [0.5, 0.6) is 0 Å². The van der Waals surface area contributed by atoms with Crippen molar-refractivity contribution in [2.75, 3.05) is 25.1 Å². The first-order valence-electron chi connectivity index (χ1n) is 9.56. The molecule has 0 aromatic carbocycles. The number of hydrogen-bond acceptors (Lipinski definition) is 5. The average molecular weight is 394 g/mol. The summed E-state index contributed by atoms with van der Waals surface area (Å²) >= 11 is 0. The van der Waals surface area contributed by atoms with E-state index in [-0.39, 0.29) is 35.4 Å². The second-order valence-corrected chi connectivity index (χ2v) is 9.72. The summed E-state index contributed by atoms with van der Waals surface area (Å²) in [5.74, 6) is -0.285. The Hall–Kier alpha value is -1.96. The lowest BCUT2D eigenvalue weighted by Gasteiger charge is -2.35. The fourth-order valence-corrected chi connectivity index (χ4v) is 5.76. The molecule has 1 aromatic heterocycles. The van der Waals surface area contributed by atoms with Crippen molar-refractivity contribution in [3.8, 4) is 0 Å². The van der Waals surface area contributed by atoms with E-state index in [4.69, 9.17) is 0 Å². The fourth-order valence-electron chi connectivity index (χ4n) is 3.98. The largest absolute Gasteiger partial charge is 0.338 e. The van der Waals surface area contributed by atoms with E-state index in [0.717, 1.165) is 32.2 Å². The number of sulfone groups is 1. The maximum atomic E-state index is 12.9. The van der Waals surface area contributed by atoms with Gasteiger partial charge in [-0.2, -0.15) is 0 Å². The van der Waals surface area contributed by atoms with Crippen molar-refractivity contribution in [3.63, 3.8) is 0 Å². The van der Waals surface area contributed by atoms with Crippen LogP contribution in [0.4, 0.5) is 0 Å². The van der Waals surface area contributed by atoms with Crippen LogP contribution < -0.4 is 0 Å². The third-order valence-electron chi connectivity index (χ3n) is 5.67. The van der Waals surface area contributed by atoms with Crippen molar-refractivity contribution >= 4 is 21.7 Å². The van der Waals surface area contributed by atoms with Gasteiger partial charge in [-0.25, -0.2) is 8.42 Å². The van der Waals surface area contributed by atoms with E-state index >= 15 is 0 Å². The summed E-state index contributed by atoms with van der Waals surface area (Å²) in [5.41, 5.74) is 0.728. The molecule has 27 heavy (non-hydrogen) atoms. The van der Waals surface area contributed by atoms with E-state index in [9.17, 15) is 18.0 Å². The summed E-state index contributed by atoms with van der Waals surface area (Å²) in [7, 11) is -1.46. The van der Waals surface area contributed by atoms with Crippen molar-refractivity contribution in [1.82, 2.24) is 14.8 Å². The molecule has 0 aliphatic carbocycles. The van der Waals surface area contributed by atoms with Gasteiger partial charge in [0.25, 0.3) is 11.8 Å². The van der Waals surface area contributed by atoms with E-state index in [1.807, 2.05) is 4.90 Å². The minimum atomic E-state index is -3.07. The summed E-state index contributed by atoms with van der Waals surface area (Å²) in [6.45, 7) is 2.81. The van der Waals surface area contributed by atoms with Gasteiger partial charge in [0.15, 0.2) is 9.84 Å². The highest BCUT2D eigenvalue weighted by atomic mass is 32.2. The number of piperidine rings is 1. The normalized spacial score (nSPS) is 24.6. The monoisotopic (exact) mass is 393 g/mol. The summed E-state index contributed by atoms with van der Waals surface area (Å²) in [6, 6.07) is 1.49. The zero-order valence-corrected chi connectivity index (χ0v) is 16.7. The lowest BCUT2D eigenvalue weighted by atomic mass is 9.99. The molecule has 8 heteroatoms. The number of pyridine rings is 1. The Kier molecular flexibility index (Phi) is 5.83. The van der Waals surface area contributed by atoms with Crippen LogP contribution in [0.3, 0.4) is 0 Å². The maximum Gasteiger partial charge on any atom is 0.255 e. The number of aromatic nitrogens is 1. The molecular formula is C19H27N3O4S. The lowest BCUT2D eigenvalue weighted by Crippen LogP contribution is -2.43. The molecule has 2 saturated heterocycles. The summed E-state index contributed by atoms with van der Waals surface area (Å²) in [4.78, 5) is 33.2. The van der Waals surface area contributed by atoms with Crippen LogP contribution in [0.25, 0.3) is 0 Å². The number of hydrogen-bond donors (Lipinski definition) is 0. The third kappa shape index (κ3) is 4.31. The van der Waals surface area contributed by atoms with E-state index in [0.29, 0.717) is 17.5 Å². The quantitative estimate of drug-likeness (QED) is 0.778. The zero-order chi connectivity index (χ0) is 19.6. The standard InChI is InChI=1S/C19H27N3O4S/c1-3-16-6-4-5-8-22(16)19(24)15-10-14(11-20-12-15)18(23)21(2)17-7-9-27(25,26)13-17/h10-12,16-17H,3-9,13H2,1-2H3. The molecule has 2 aliphatic heterocycles. The summed E-state index contributed by atoms with van der Waals surface area (Å²) < 4.78 is 23.4. The molecular weight excluding hydrogens is 366 g/mol. The highest BCUT2D eigenvalue weighted by molar-refractivity contribution is 7.91. The Morgan fingerprint density at radius 3 is 2.63 bits per heavy atom. The van der Waals surface area contributed by atoms with Gasteiger partial charge in [-0.3, -0.25) is 14.6 Å². The molecule has 3 heterocycles. The van der Waals surface area contributed by atoms with Crippen molar-refractivity contribution < 1.29 is 18.0 Å². The van der Waals surface area contributed by atoms with Crippen LogP contribution in [0.15, 0.2) is 18.5 Å². The highest BCUT2D eigenvalue weighted by Gasteiger charge is 2.33. The highest BCUT2D eigenvalue weighted by Crippen LogP contribution is 2.23. The molecule has 7 nitrogen and oxygen atoms in total. The SMILES string of the molecule is CCC1CCCCN1C(=O)c1cncc(C(=O)N(C)C2CCS(=O)(=O)C2)c1. The number of amides is 2. The predicted molar refractivity (Wildman–Crippen MR) is 102 cm³/mol. The van der Waals surface area contributed by atoms with Gasteiger partial charge >= 0.3 is 0 Å². The van der Waals surface area contributed by atoms with E-state index in [1.165, 1.54) is 17.3 Å². The maximum absolute atomic E-state index is 12.9. The fraction of sp³-hybridized carbons (Fsp3) is 0.632. The topological polar surface area (TPSA) is 87.7 Å². The summed E-state index contributed by atoms with van der Waals surface area (Å²) in [6.07, 6.45) is 7.43. The molecule has 2 amide bonds. The van der Waals surface area contributed by atoms with Crippen LogP contribution in [0.2, 0.25) is 0 Å². The van der Waals surface area contributed by atoms with Gasteiger partial charge in [0, 0.05) is 38.1 Å². The van der Waals surface area contributed by atoms with Gasteiger partial charge in [0.05, 0.1) is 22.6 Å². The first kappa shape index (κ1) is 19.8. The van der Waals surface area contributed by atoms with Gasteiger partial charge < -0.3 is 9.80 Å². The lowest BCUT2D eigenvalue weighted by molar-refractivity contribution is 0.0607. The number of rotatable bonds is 4. The number of likely N-dealkylation sites (tertiary alicyclic amines) is 1. The van der Waals surface area contributed by atoms with Crippen molar-refractivity contribution in [2.24, 2.45) is 0 Å². The minimum absolute atomic E-state index is 0.00670. The number of carbonyl (C=O) groups excluding carboxylic acids is 2. The van der Waals surface area contributed by atoms with E-state index in [1.54, 1.807) is 13.1 Å². The van der Waals surface area contributed by atoms with Gasteiger partial charge in [0.2, 0.25) is 0 Å². The molecule has 0 N–H and O–H groups in total. The molecule has 0 radical (unpaired) electrons. The number of carbonyl (C=O) groups is 2. The molecule has 2 fully saturated rings. The molecule has 3 rings (SSSR count). The minimum Gasteiger partial charge on any atom is -0.338 e.